The summed E-state index contributed by atoms with van der Waals surface area (Å²) in [7, 11) is -1.00. The fourth-order valence-electron chi connectivity index (χ4n) is 6.16. The number of nitrogens with one attached hydrogen (secondary N) is 3. The first kappa shape index (κ1) is 41.9. The number of phenols is 2. The lowest BCUT2D eigenvalue weighted by atomic mass is 9.90. The van der Waals surface area contributed by atoms with E-state index in [0.717, 1.165) is 42.0 Å². The van der Waals surface area contributed by atoms with Gasteiger partial charge in [-0.05, 0) is 117 Å². The van der Waals surface area contributed by atoms with E-state index in [2.05, 4.69) is 39.8 Å². The molecule has 4 aromatic rings. The highest BCUT2D eigenvalue weighted by atomic mass is 19.1. The largest absolute Gasteiger partial charge is 0.508 e. The van der Waals surface area contributed by atoms with Gasteiger partial charge in [-0.15, -0.1) is 0 Å². The zero-order chi connectivity index (χ0) is 41.2. The maximum Gasteiger partial charge on any atom is 0.394 e. The van der Waals surface area contributed by atoms with Crippen molar-refractivity contribution < 1.29 is 40.3 Å². The molecule has 0 bridgehead atoms. The Morgan fingerprint density at radius 3 is 1.73 bits per heavy atom. The summed E-state index contributed by atoms with van der Waals surface area (Å²) in [5, 5.41) is 35.3. The molecule has 13 nitrogen and oxygen atoms in total. The summed E-state index contributed by atoms with van der Waals surface area (Å²) < 4.78 is 15.5. The predicted molar refractivity (Wildman–Crippen MR) is 208 cm³/mol. The number of amides is 3. The Balaban J connectivity index is 0.000000236. The van der Waals surface area contributed by atoms with Gasteiger partial charge < -0.3 is 36.2 Å². The number of aryl methyl sites for hydroxylation is 2. The van der Waals surface area contributed by atoms with E-state index in [-0.39, 0.29) is 11.8 Å². The zero-order valence-electron chi connectivity index (χ0n) is 32.5. The average Bonchev–Trinajstić information content (AvgIpc) is 3.16. The minimum atomic E-state index is -1.51. The van der Waals surface area contributed by atoms with Crippen LogP contribution in [0.15, 0.2) is 85.5 Å². The van der Waals surface area contributed by atoms with Gasteiger partial charge in [0.1, 0.15) is 11.5 Å². The number of pyridine rings is 2. The lowest BCUT2D eigenvalue weighted by molar-refractivity contribution is -0.147. The first-order chi connectivity index (χ1) is 26.7. The third-order valence-corrected chi connectivity index (χ3v) is 8.97. The summed E-state index contributed by atoms with van der Waals surface area (Å²) in [6.45, 7) is 9.66. The number of aromatic nitrogens is 2. The van der Waals surface area contributed by atoms with Gasteiger partial charge in [-0.1, -0.05) is 38.1 Å². The van der Waals surface area contributed by atoms with Crippen molar-refractivity contribution in [1.82, 2.24) is 20.2 Å². The van der Waals surface area contributed by atoms with Crippen LogP contribution in [-0.2, 0) is 19.2 Å². The second kappa shape index (κ2) is 21.7. The molecule has 2 aromatic carbocycles. The van der Waals surface area contributed by atoms with Crippen molar-refractivity contribution in [2.24, 2.45) is 11.8 Å². The van der Waals surface area contributed by atoms with E-state index >= 15 is 0 Å². The molecule has 14 heteroatoms. The molecule has 6 N–H and O–H groups in total. The smallest absolute Gasteiger partial charge is 0.394 e. The van der Waals surface area contributed by atoms with E-state index in [9.17, 15) is 33.8 Å². The number of aliphatic carboxylic acids is 1. The third kappa shape index (κ3) is 14.1. The Labute approximate surface area is 322 Å². The Hall–Kier alpha value is -5.89. The highest BCUT2D eigenvalue weighted by Gasteiger charge is 2.34. The number of carbonyl (C=O) groups excluding carboxylic acids is 3. The topological polar surface area (TPSA) is 194 Å². The van der Waals surface area contributed by atoms with E-state index in [1.54, 1.807) is 72.7 Å². The van der Waals surface area contributed by atoms with Crippen molar-refractivity contribution in [3.8, 4) is 11.5 Å². The van der Waals surface area contributed by atoms with Crippen molar-refractivity contribution in [2.45, 2.75) is 65.5 Å². The summed E-state index contributed by atoms with van der Waals surface area (Å²) in [5.74, 6) is -2.12. The van der Waals surface area contributed by atoms with E-state index < -0.39 is 30.8 Å². The number of hydrogen-bond acceptors (Lipinski definition) is 9. The van der Waals surface area contributed by atoms with Crippen molar-refractivity contribution >= 4 is 35.1 Å². The molecule has 3 amide bonds. The number of likely N-dealkylation sites (tertiary alicyclic amines) is 1. The van der Waals surface area contributed by atoms with Crippen molar-refractivity contribution in [1.29, 1.82) is 0 Å². The SMILES string of the molecule is CC1CCC(c2ccc(O)cc2)NC1.Cc1cncc(NC(=O)C(=O)N2C[C@H](C)CC[C@H]2c2ccc(O)cc2)c1.Cc1cncc(NC(=O)C(=O)O)c1.[2H]CF. The Bertz CT molecular complexity index is 1880. The van der Waals surface area contributed by atoms with Crippen LogP contribution in [0.2, 0.25) is 0 Å². The first-order valence-corrected chi connectivity index (χ1v) is 17.9. The quantitative estimate of drug-likeness (QED) is 0.125. The van der Waals surface area contributed by atoms with Crippen LogP contribution in [-0.4, -0.2) is 74.1 Å². The number of hydrogen-bond donors (Lipinski definition) is 6. The van der Waals surface area contributed by atoms with E-state index in [4.69, 9.17) is 6.48 Å². The maximum absolute atomic E-state index is 12.8. The number of halogens is 1. The van der Waals surface area contributed by atoms with Crippen molar-refractivity contribution in [2.75, 3.05) is 30.9 Å². The molecule has 294 valence electrons. The molecule has 2 saturated heterocycles. The van der Waals surface area contributed by atoms with Crippen LogP contribution < -0.4 is 16.0 Å². The molecular weight excluding hydrogens is 707 g/mol. The summed E-state index contributed by atoms with van der Waals surface area (Å²) in [4.78, 5) is 55.6. The number of carboxylic acid groups (broad SMARTS) is 1. The molecule has 2 fully saturated rings. The highest BCUT2D eigenvalue weighted by molar-refractivity contribution is 6.39. The fourth-order valence-corrected chi connectivity index (χ4v) is 6.16. The van der Waals surface area contributed by atoms with E-state index in [1.165, 1.54) is 30.8 Å². The molecule has 0 spiro atoms. The second-order valence-electron chi connectivity index (χ2n) is 13.7. The number of carbonyl (C=O) groups is 4. The standard InChI is InChI=1S/C20H23N3O3.C12H17NO.C8H8N2O3.CH3F/c1-13-3-8-18(15-4-6-17(24)7-5-15)23(12-13)20(26)19(25)22-16-9-14(2)10-21-11-16;1-9-2-7-12(13-8-9)10-3-5-11(14)6-4-10;1-5-2-6(4-9-3-5)10-7(11)8(12)13;1-2/h4-7,9-11,13,18,24H,3,8,12H2,1-2H3,(H,22,25);3-6,9,12-14H,2,7-8H2,1H3;2-4H,1H3,(H,10,11)(H,12,13);1H3/t13-,18+;;;/m1.../s1/i;;;1D. The monoisotopic (exact) mass is 759 g/mol. The van der Waals surface area contributed by atoms with E-state index in [1.807, 2.05) is 19.1 Å². The molecule has 4 atom stereocenters. The molecule has 6 rings (SSSR count). The van der Waals surface area contributed by atoms with Crippen LogP contribution in [0.4, 0.5) is 15.8 Å². The summed E-state index contributed by atoms with van der Waals surface area (Å²) in [6, 6.07) is 18.1. The van der Waals surface area contributed by atoms with Gasteiger partial charge in [-0.3, -0.25) is 28.7 Å². The van der Waals surface area contributed by atoms with Gasteiger partial charge >= 0.3 is 23.7 Å². The number of anilines is 2. The predicted octanol–water partition coefficient (Wildman–Crippen LogP) is 6.49. The normalized spacial score (nSPS) is 18.9. The van der Waals surface area contributed by atoms with Crippen molar-refractivity contribution in [3.05, 3.63) is 108 Å². The molecule has 2 unspecified atom stereocenters. The molecule has 0 saturated carbocycles. The van der Waals surface area contributed by atoms with Crippen LogP contribution in [0.3, 0.4) is 0 Å². The summed E-state index contributed by atoms with van der Waals surface area (Å²) >= 11 is 0. The molecular formula is C41H51FN6O7. The number of benzene rings is 2. The molecule has 2 aromatic heterocycles. The summed E-state index contributed by atoms with van der Waals surface area (Å²) in [5.41, 5.74) is 4.86. The maximum atomic E-state index is 12.8. The lowest BCUT2D eigenvalue weighted by Gasteiger charge is -2.38. The van der Waals surface area contributed by atoms with Gasteiger partial charge in [0, 0.05) is 25.0 Å². The molecule has 2 aliphatic rings. The molecule has 0 aliphatic carbocycles. The summed E-state index contributed by atoms with van der Waals surface area (Å²) in [6.07, 6.45) is 10.5. The molecule has 0 radical (unpaired) electrons. The van der Waals surface area contributed by atoms with Gasteiger partial charge in [0.2, 0.25) is 0 Å². The van der Waals surface area contributed by atoms with E-state index in [0.29, 0.717) is 35.6 Å². The minimum Gasteiger partial charge on any atom is -0.508 e. The highest BCUT2D eigenvalue weighted by Crippen LogP contribution is 2.34. The molecule has 2 aliphatic heterocycles. The number of rotatable bonds is 4. The van der Waals surface area contributed by atoms with Crippen LogP contribution in [0, 0.1) is 25.7 Å². The minimum absolute atomic E-state index is 0.166. The number of piperidine rings is 2. The van der Waals surface area contributed by atoms with Crippen molar-refractivity contribution in [3.63, 3.8) is 0 Å². The van der Waals surface area contributed by atoms with Gasteiger partial charge in [-0.2, -0.15) is 0 Å². The number of alkyl halides is 1. The first-order valence-electron chi connectivity index (χ1n) is 18.6. The number of nitrogens with zero attached hydrogens (tertiary/aromatic N) is 3. The third-order valence-electron chi connectivity index (χ3n) is 8.97. The number of aromatic hydroxyl groups is 2. The second-order valence-corrected chi connectivity index (χ2v) is 13.7. The van der Waals surface area contributed by atoms with Crippen LogP contribution in [0.25, 0.3) is 0 Å². The lowest BCUT2D eigenvalue weighted by Crippen LogP contribution is -2.46. The van der Waals surface area contributed by atoms with Crippen LogP contribution in [0.1, 0.15) is 75.2 Å². The Morgan fingerprint density at radius 1 is 0.764 bits per heavy atom. The average molecular weight is 760 g/mol. The Kier molecular flexibility index (Phi) is 16.5. The van der Waals surface area contributed by atoms with Crippen LogP contribution >= 0.6 is 0 Å². The van der Waals surface area contributed by atoms with Gasteiger partial charge in [0.15, 0.2) is 0 Å². The van der Waals surface area contributed by atoms with Gasteiger partial charge in [0.05, 0.1) is 38.3 Å². The number of carboxylic acids is 1. The van der Waals surface area contributed by atoms with Gasteiger partial charge in [-0.25, -0.2) is 4.79 Å². The number of phenolic OH excluding ortho intramolecular Hbond substituents is 2. The van der Waals surface area contributed by atoms with Gasteiger partial charge in [0.25, 0.3) is 0 Å². The fraction of sp³-hybridized carbons (Fsp3) is 0.366. The zero-order valence-corrected chi connectivity index (χ0v) is 31.5. The molecule has 4 heterocycles. The molecule has 55 heavy (non-hydrogen) atoms. The van der Waals surface area contributed by atoms with Crippen LogP contribution in [0.5, 0.6) is 11.5 Å². The Morgan fingerprint density at radius 2 is 1.25 bits per heavy atom.